The van der Waals surface area contributed by atoms with Crippen LogP contribution in [-0.2, 0) is 5.54 Å². The van der Waals surface area contributed by atoms with Crippen molar-refractivity contribution in [3.05, 3.63) is 107 Å². The van der Waals surface area contributed by atoms with E-state index < -0.39 is 5.54 Å². The Balaban J connectivity index is 1.66. The number of hydrazone groups is 1. The van der Waals surface area contributed by atoms with Gasteiger partial charge in [-0.05, 0) is 52.8 Å². The molecule has 1 aliphatic carbocycles. The lowest BCUT2D eigenvalue weighted by Crippen LogP contribution is -2.45. The first-order valence-electron chi connectivity index (χ1n) is 14.8. The molecule has 6 heteroatoms. The van der Waals surface area contributed by atoms with Gasteiger partial charge in [-0.2, -0.15) is 5.10 Å². The molecule has 0 saturated heterocycles. The molecule has 3 aromatic rings. The summed E-state index contributed by atoms with van der Waals surface area (Å²) in [6.45, 7) is 14.2. The van der Waals surface area contributed by atoms with Crippen LogP contribution in [0.5, 0.6) is 11.5 Å². The molecule has 0 N–H and O–H groups in total. The van der Waals surface area contributed by atoms with Crippen molar-refractivity contribution < 1.29 is 9.53 Å². The van der Waals surface area contributed by atoms with Crippen LogP contribution in [0, 0.1) is 5.92 Å². The van der Waals surface area contributed by atoms with Crippen molar-refractivity contribution in [3.63, 3.8) is 0 Å². The Hall–Kier alpha value is -4.32. The SMILES string of the molecule is CCN(CC)c1ccc2c(c1)Oc1cc(N(CC)CC)ccc1C21c2ccccc2C(=O)N1/N=C(\C)C1C=CC=C1. The standard InChI is InChI=1S/C35H38N4O2/c1-6-37(7-2)26-18-20-30-32(22-26)41-33-23-27(38(8-3)9-4)19-21-31(33)35(30)29-17-13-12-16-28(29)34(40)39(35)36-24(5)25-14-10-11-15-25/h10-23,25H,6-9H2,1-5H3/b36-24+. The second-order valence-corrected chi connectivity index (χ2v) is 10.7. The van der Waals surface area contributed by atoms with Gasteiger partial charge in [0, 0.05) is 83.6 Å². The molecule has 6 nitrogen and oxygen atoms in total. The van der Waals surface area contributed by atoms with Crippen LogP contribution in [0.15, 0.2) is 90.1 Å². The summed E-state index contributed by atoms with van der Waals surface area (Å²) in [6, 6.07) is 20.7. The highest BCUT2D eigenvalue weighted by Gasteiger charge is 2.57. The molecule has 3 aromatic carbocycles. The largest absolute Gasteiger partial charge is 0.456 e. The van der Waals surface area contributed by atoms with E-state index >= 15 is 0 Å². The number of amides is 1. The first-order chi connectivity index (χ1) is 20.0. The van der Waals surface area contributed by atoms with Crippen molar-refractivity contribution >= 4 is 23.0 Å². The smallest absolute Gasteiger partial charge is 0.275 e. The molecule has 0 radical (unpaired) electrons. The van der Waals surface area contributed by atoms with Gasteiger partial charge in [0.15, 0.2) is 0 Å². The molecule has 0 aromatic heterocycles. The molecular formula is C35H38N4O2. The summed E-state index contributed by atoms with van der Waals surface area (Å²) in [5.74, 6) is 1.45. The minimum absolute atomic E-state index is 0.0532. The summed E-state index contributed by atoms with van der Waals surface area (Å²) in [6.07, 6.45) is 8.28. The molecule has 210 valence electrons. The molecule has 2 aliphatic heterocycles. The van der Waals surface area contributed by atoms with E-state index in [0.717, 1.165) is 71.5 Å². The van der Waals surface area contributed by atoms with Crippen LogP contribution in [0.1, 0.15) is 61.7 Å². The third-order valence-corrected chi connectivity index (χ3v) is 8.73. The topological polar surface area (TPSA) is 48.4 Å². The Morgan fingerprint density at radius 3 is 1.88 bits per heavy atom. The Labute approximate surface area is 243 Å². The monoisotopic (exact) mass is 546 g/mol. The second-order valence-electron chi connectivity index (χ2n) is 10.7. The lowest BCUT2D eigenvalue weighted by atomic mass is 9.75. The van der Waals surface area contributed by atoms with Gasteiger partial charge in [-0.25, -0.2) is 5.01 Å². The van der Waals surface area contributed by atoms with Gasteiger partial charge in [0.1, 0.15) is 17.0 Å². The van der Waals surface area contributed by atoms with E-state index in [9.17, 15) is 4.79 Å². The molecule has 3 aliphatic rings. The van der Waals surface area contributed by atoms with Crippen LogP contribution >= 0.6 is 0 Å². The number of anilines is 2. The molecule has 1 amide bonds. The Morgan fingerprint density at radius 1 is 0.805 bits per heavy atom. The number of ether oxygens (including phenoxy) is 1. The number of carbonyl (C=O) groups excluding carboxylic acids is 1. The predicted octanol–water partition coefficient (Wildman–Crippen LogP) is 7.35. The summed E-state index contributed by atoms with van der Waals surface area (Å²) in [4.78, 5) is 18.9. The molecule has 1 spiro atoms. The van der Waals surface area contributed by atoms with E-state index in [2.05, 4.69) is 92.1 Å². The van der Waals surface area contributed by atoms with Gasteiger partial charge in [0.2, 0.25) is 0 Å². The zero-order valence-electron chi connectivity index (χ0n) is 24.6. The van der Waals surface area contributed by atoms with E-state index in [0.29, 0.717) is 5.56 Å². The van der Waals surface area contributed by atoms with Crippen molar-refractivity contribution in [1.82, 2.24) is 5.01 Å². The molecule has 0 atom stereocenters. The molecule has 0 fully saturated rings. The van der Waals surface area contributed by atoms with Gasteiger partial charge in [0.05, 0.1) is 0 Å². The highest BCUT2D eigenvalue weighted by molar-refractivity contribution is 6.03. The van der Waals surface area contributed by atoms with E-state index in [1.54, 1.807) is 5.01 Å². The molecule has 41 heavy (non-hydrogen) atoms. The number of rotatable bonds is 8. The summed E-state index contributed by atoms with van der Waals surface area (Å²) >= 11 is 0. The van der Waals surface area contributed by atoms with E-state index in [1.807, 2.05) is 37.3 Å². The average Bonchev–Trinajstić information content (AvgIpc) is 3.62. The van der Waals surface area contributed by atoms with Crippen molar-refractivity contribution in [2.75, 3.05) is 36.0 Å². The van der Waals surface area contributed by atoms with Gasteiger partial charge in [0.25, 0.3) is 5.91 Å². The number of fused-ring (bicyclic) bond motifs is 6. The Bertz CT molecular complexity index is 1510. The van der Waals surface area contributed by atoms with Crippen LogP contribution in [0.2, 0.25) is 0 Å². The summed E-state index contributed by atoms with van der Waals surface area (Å²) in [7, 11) is 0. The number of allylic oxidation sites excluding steroid dienone is 4. The van der Waals surface area contributed by atoms with Crippen molar-refractivity contribution in [1.29, 1.82) is 0 Å². The quantitative estimate of drug-likeness (QED) is 0.277. The molecular weight excluding hydrogens is 508 g/mol. The van der Waals surface area contributed by atoms with Gasteiger partial charge in [-0.15, -0.1) is 0 Å². The number of benzene rings is 3. The zero-order valence-corrected chi connectivity index (χ0v) is 24.6. The molecule has 0 unspecified atom stereocenters. The van der Waals surface area contributed by atoms with Crippen LogP contribution in [-0.4, -0.2) is 42.8 Å². The summed E-state index contributed by atoms with van der Waals surface area (Å²) in [5.41, 5.74) is 5.53. The van der Waals surface area contributed by atoms with E-state index in [4.69, 9.17) is 9.84 Å². The third kappa shape index (κ3) is 4.07. The lowest BCUT2D eigenvalue weighted by molar-refractivity contribution is 0.0672. The molecule has 2 heterocycles. The minimum atomic E-state index is -0.965. The van der Waals surface area contributed by atoms with Gasteiger partial charge in [-0.3, -0.25) is 4.79 Å². The van der Waals surface area contributed by atoms with Gasteiger partial charge < -0.3 is 14.5 Å². The molecule has 6 rings (SSSR count). The van der Waals surface area contributed by atoms with Gasteiger partial charge in [-0.1, -0.05) is 54.6 Å². The van der Waals surface area contributed by atoms with Crippen LogP contribution in [0.3, 0.4) is 0 Å². The maximum atomic E-state index is 14.3. The van der Waals surface area contributed by atoms with Crippen LogP contribution in [0.4, 0.5) is 11.4 Å². The summed E-state index contributed by atoms with van der Waals surface area (Å²) < 4.78 is 6.77. The van der Waals surface area contributed by atoms with Crippen LogP contribution < -0.4 is 14.5 Å². The zero-order chi connectivity index (χ0) is 28.7. The first-order valence-corrected chi connectivity index (χ1v) is 14.8. The number of hydrogen-bond donors (Lipinski definition) is 0. The number of hydrogen-bond acceptors (Lipinski definition) is 5. The average molecular weight is 547 g/mol. The fourth-order valence-electron chi connectivity index (χ4n) is 6.56. The normalized spacial score (nSPS) is 16.6. The number of carbonyl (C=O) groups is 1. The fourth-order valence-corrected chi connectivity index (χ4v) is 6.56. The van der Waals surface area contributed by atoms with Crippen molar-refractivity contribution in [3.8, 4) is 11.5 Å². The highest BCUT2D eigenvalue weighted by Crippen LogP contribution is 2.58. The van der Waals surface area contributed by atoms with Gasteiger partial charge >= 0.3 is 0 Å². The Morgan fingerprint density at radius 2 is 1.34 bits per heavy atom. The number of nitrogens with zero attached hydrogens (tertiary/aromatic N) is 4. The second kappa shape index (κ2) is 10.6. The van der Waals surface area contributed by atoms with Crippen molar-refractivity contribution in [2.24, 2.45) is 11.0 Å². The summed E-state index contributed by atoms with van der Waals surface area (Å²) in [5, 5.41) is 6.85. The first kappa shape index (κ1) is 26.9. The van der Waals surface area contributed by atoms with E-state index in [1.165, 1.54) is 0 Å². The predicted molar refractivity (Wildman–Crippen MR) is 167 cm³/mol. The van der Waals surface area contributed by atoms with Crippen molar-refractivity contribution in [2.45, 2.75) is 40.2 Å². The molecule has 0 saturated carbocycles. The maximum Gasteiger partial charge on any atom is 0.275 e. The van der Waals surface area contributed by atoms with E-state index in [-0.39, 0.29) is 11.8 Å². The fraction of sp³-hybridized carbons (Fsp3) is 0.314. The minimum Gasteiger partial charge on any atom is -0.456 e. The third-order valence-electron chi connectivity index (χ3n) is 8.73. The Kier molecular flexibility index (Phi) is 6.94. The van der Waals surface area contributed by atoms with Crippen LogP contribution in [0.25, 0.3) is 0 Å². The molecule has 0 bridgehead atoms. The maximum absolute atomic E-state index is 14.3. The lowest BCUT2D eigenvalue weighted by Gasteiger charge is -2.42. The highest BCUT2D eigenvalue weighted by atomic mass is 16.5.